The number of nitrogens with zero attached hydrogens (tertiary/aromatic N) is 2. The third-order valence-electron chi connectivity index (χ3n) is 6.15. The van der Waals surface area contributed by atoms with Crippen LogP contribution in [0, 0.1) is 5.92 Å². The van der Waals surface area contributed by atoms with Crippen LogP contribution >= 0.6 is 11.6 Å². The summed E-state index contributed by atoms with van der Waals surface area (Å²) >= 11 is 6.07. The van der Waals surface area contributed by atoms with Crippen LogP contribution in [0.4, 0.5) is 0 Å². The summed E-state index contributed by atoms with van der Waals surface area (Å²) in [7, 11) is 0. The summed E-state index contributed by atoms with van der Waals surface area (Å²) in [6.45, 7) is 7.37. The van der Waals surface area contributed by atoms with Crippen LogP contribution in [0.3, 0.4) is 0 Å². The van der Waals surface area contributed by atoms with Gasteiger partial charge < -0.3 is 20.3 Å². The molecule has 1 fully saturated rings. The third kappa shape index (κ3) is 7.89. The quantitative estimate of drug-likeness (QED) is 0.680. The third-order valence-corrected chi connectivity index (χ3v) is 6.38. The van der Waals surface area contributed by atoms with Crippen molar-refractivity contribution in [2.45, 2.75) is 45.6 Å². The lowest BCUT2D eigenvalue weighted by Gasteiger charge is -2.32. The van der Waals surface area contributed by atoms with Crippen LogP contribution in [0.1, 0.15) is 49.9 Å². The van der Waals surface area contributed by atoms with E-state index in [1.54, 1.807) is 23.1 Å². The molecule has 0 spiro atoms. The Morgan fingerprint density at radius 3 is 2.67 bits per heavy atom. The Hall–Kier alpha value is -2.32. The predicted molar refractivity (Wildman–Crippen MR) is 128 cm³/mol. The first kappa shape index (κ1) is 25.3. The smallest absolute Gasteiger partial charge is 0.255 e. The molecular formula is C24H35ClN4O4. The van der Waals surface area contributed by atoms with Crippen molar-refractivity contribution in [3.8, 4) is 5.75 Å². The number of hydrogen-bond donors (Lipinski definition) is 2. The highest BCUT2D eigenvalue weighted by Crippen LogP contribution is 2.23. The monoisotopic (exact) mass is 478 g/mol. The van der Waals surface area contributed by atoms with E-state index in [4.69, 9.17) is 16.3 Å². The molecule has 0 radical (unpaired) electrons. The van der Waals surface area contributed by atoms with Crippen molar-refractivity contribution in [1.82, 2.24) is 20.4 Å². The molecule has 0 unspecified atom stereocenters. The van der Waals surface area contributed by atoms with E-state index >= 15 is 0 Å². The Bertz CT molecular complexity index is 842. The van der Waals surface area contributed by atoms with Crippen LogP contribution in [0.15, 0.2) is 18.2 Å². The van der Waals surface area contributed by atoms with Crippen molar-refractivity contribution in [3.63, 3.8) is 0 Å². The Labute approximate surface area is 201 Å². The van der Waals surface area contributed by atoms with E-state index in [0.717, 1.165) is 25.9 Å². The largest absolute Gasteiger partial charge is 0.491 e. The zero-order chi connectivity index (χ0) is 23.8. The summed E-state index contributed by atoms with van der Waals surface area (Å²) in [6.07, 6.45) is 3.56. The summed E-state index contributed by atoms with van der Waals surface area (Å²) < 4.78 is 5.81. The zero-order valence-electron chi connectivity index (χ0n) is 19.6. The topological polar surface area (TPSA) is 91.0 Å². The van der Waals surface area contributed by atoms with Crippen LogP contribution < -0.4 is 15.4 Å². The molecular weight excluding hydrogens is 444 g/mol. The minimum atomic E-state index is -0.297. The molecule has 2 aliphatic heterocycles. The van der Waals surface area contributed by atoms with Crippen LogP contribution in [-0.4, -0.2) is 79.4 Å². The van der Waals surface area contributed by atoms with Gasteiger partial charge in [-0.05, 0) is 69.8 Å². The van der Waals surface area contributed by atoms with Crippen LogP contribution in [0.25, 0.3) is 0 Å². The van der Waals surface area contributed by atoms with Crippen molar-refractivity contribution in [2.75, 3.05) is 45.9 Å². The number of halogens is 1. The lowest BCUT2D eigenvalue weighted by Crippen LogP contribution is -2.48. The van der Waals surface area contributed by atoms with Crippen molar-refractivity contribution < 1.29 is 19.1 Å². The van der Waals surface area contributed by atoms with E-state index in [9.17, 15) is 14.4 Å². The molecule has 0 saturated carbocycles. The number of nitrogens with one attached hydrogen (secondary N) is 2. The molecule has 2 N–H and O–H groups in total. The highest BCUT2D eigenvalue weighted by Gasteiger charge is 2.23. The first-order chi connectivity index (χ1) is 15.8. The maximum absolute atomic E-state index is 13.0. The Kier molecular flexibility index (Phi) is 9.38. The molecule has 0 bridgehead atoms. The number of carbonyl (C=O) groups is 3. The van der Waals surface area contributed by atoms with Gasteiger partial charge in [-0.15, -0.1) is 0 Å². The molecule has 3 amide bonds. The van der Waals surface area contributed by atoms with Gasteiger partial charge in [0.25, 0.3) is 5.91 Å². The molecule has 3 rings (SSSR count). The van der Waals surface area contributed by atoms with Gasteiger partial charge in [0.1, 0.15) is 12.4 Å². The Morgan fingerprint density at radius 2 is 1.91 bits per heavy atom. The number of benzene rings is 1. The summed E-state index contributed by atoms with van der Waals surface area (Å²) in [4.78, 5) is 42.1. The summed E-state index contributed by atoms with van der Waals surface area (Å²) in [5.41, 5.74) is 0.364. The van der Waals surface area contributed by atoms with Crippen molar-refractivity contribution in [2.24, 2.45) is 5.92 Å². The van der Waals surface area contributed by atoms with E-state index in [2.05, 4.69) is 22.5 Å². The molecule has 2 heterocycles. The average molecular weight is 479 g/mol. The number of rotatable bonds is 2. The van der Waals surface area contributed by atoms with E-state index in [-0.39, 0.29) is 36.9 Å². The second-order valence-electron chi connectivity index (χ2n) is 9.16. The maximum atomic E-state index is 13.0. The summed E-state index contributed by atoms with van der Waals surface area (Å²) in [5, 5.41) is 6.24. The Balaban J connectivity index is 1.65. The molecule has 2 aliphatic rings. The van der Waals surface area contributed by atoms with Gasteiger partial charge in [0.2, 0.25) is 11.8 Å². The predicted octanol–water partition coefficient (Wildman–Crippen LogP) is 2.31. The van der Waals surface area contributed by atoms with Gasteiger partial charge in [0, 0.05) is 18.1 Å². The number of ether oxygens (including phenoxy) is 1. The molecule has 1 atom stereocenters. The van der Waals surface area contributed by atoms with Gasteiger partial charge in [-0.25, -0.2) is 0 Å². The molecule has 1 aromatic carbocycles. The average Bonchev–Trinajstić information content (AvgIpc) is 2.78. The van der Waals surface area contributed by atoms with Crippen molar-refractivity contribution in [1.29, 1.82) is 0 Å². The fourth-order valence-corrected chi connectivity index (χ4v) is 4.26. The first-order valence-electron chi connectivity index (χ1n) is 11.8. The van der Waals surface area contributed by atoms with Crippen LogP contribution in [0.5, 0.6) is 5.75 Å². The molecule has 33 heavy (non-hydrogen) atoms. The maximum Gasteiger partial charge on any atom is 0.255 e. The fourth-order valence-electron chi connectivity index (χ4n) is 4.08. The van der Waals surface area contributed by atoms with Gasteiger partial charge in [0.05, 0.1) is 24.7 Å². The van der Waals surface area contributed by atoms with Gasteiger partial charge in [-0.3, -0.25) is 19.3 Å². The molecule has 182 valence electrons. The van der Waals surface area contributed by atoms with Gasteiger partial charge in [0.15, 0.2) is 0 Å². The normalized spacial score (nSPS) is 22.3. The molecule has 1 saturated heterocycles. The van der Waals surface area contributed by atoms with Crippen LogP contribution in [-0.2, 0) is 9.59 Å². The zero-order valence-corrected chi connectivity index (χ0v) is 20.3. The number of piperidine rings is 1. The van der Waals surface area contributed by atoms with Crippen molar-refractivity contribution >= 4 is 29.3 Å². The van der Waals surface area contributed by atoms with Gasteiger partial charge in [-0.1, -0.05) is 18.5 Å². The molecule has 0 aromatic heterocycles. The first-order valence-corrected chi connectivity index (χ1v) is 12.2. The SMILES string of the molecule is CC1CCN(CC(=O)N2CCCCNC(=O)c3cc(Cl)ccc3OC[C@@H](C)NC(=O)C2)CC1. The molecule has 9 heteroatoms. The second-order valence-corrected chi connectivity index (χ2v) is 9.59. The number of amides is 3. The van der Waals surface area contributed by atoms with Gasteiger partial charge >= 0.3 is 0 Å². The Morgan fingerprint density at radius 1 is 1.15 bits per heavy atom. The van der Waals surface area contributed by atoms with E-state index in [1.807, 2.05) is 6.92 Å². The van der Waals surface area contributed by atoms with E-state index < -0.39 is 0 Å². The minimum Gasteiger partial charge on any atom is -0.491 e. The minimum absolute atomic E-state index is 0.0198. The van der Waals surface area contributed by atoms with Gasteiger partial charge in [-0.2, -0.15) is 0 Å². The number of carbonyl (C=O) groups excluding carboxylic acids is 3. The van der Waals surface area contributed by atoms with E-state index in [1.165, 1.54) is 0 Å². The highest BCUT2D eigenvalue weighted by atomic mass is 35.5. The van der Waals surface area contributed by atoms with Crippen LogP contribution in [0.2, 0.25) is 5.02 Å². The standard InChI is InChI=1S/C24H35ClN4O4/c1-17-7-11-28(12-8-17)15-23(31)29-10-4-3-9-26-24(32)20-13-19(25)5-6-21(20)33-16-18(2)27-22(30)14-29/h5-6,13,17-18H,3-4,7-12,14-16H2,1-2H3,(H,26,32)(H,27,30)/t18-/m1/s1. The summed E-state index contributed by atoms with van der Waals surface area (Å²) in [5.74, 6) is 0.611. The molecule has 0 aliphatic carbocycles. The highest BCUT2D eigenvalue weighted by molar-refractivity contribution is 6.31. The number of hydrogen-bond acceptors (Lipinski definition) is 5. The lowest BCUT2D eigenvalue weighted by atomic mass is 9.99. The van der Waals surface area contributed by atoms with Crippen molar-refractivity contribution in [3.05, 3.63) is 28.8 Å². The number of fused-ring (bicyclic) bond motifs is 1. The summed E-state index contributed by atoms with van der Waals surface area (Å²) in [6, 6.07) is 4.60. The van der Waals surface area contributed by atoms with E-state index in [0.29, 0.717) is 54.7 Å². The molecule has 8 nitrogen and oxygen atoms in total. The molecule has 1 aromatic rings. The fraction of sp³-hybridized carbons (Fsp3) is 0.625. The lowest BCUT2D eigenvalue weighted by molar-refractivity contribution is -0.137. The number of likely N-dealkylation sites (tertiary alicyclic amines) is 1. The second kappa shape index (κ2) is 12.2.